The molecule has 1 amide bonds. The lowest BCUT2D eigenvalue weighted by atomic mass is 10.3. The van der Waals surface area contributed by atoms with Crippen molar-refractivity contribution in [2.45, 2.75) is 20.4 Å². The van der Waals surface area contributed by atoms with Gasteiger partial charge < -0.3 is 10.1 Å². The minimum Gasteiger partial charge on any atom is -0.462 e. The lowest BCUT2D eigenvalue weighted by Gasteiger charge is -2.14. The Balaban J connectivity index is 1.90. The number of nitrogens with one attached hydrogen (secondary N) is 1. The van der Waals surface area contributed by atoms with Crippen molar-refractivity contribution in [3.63, 3.8) is 0 Å². The molecule has 0 saturated heterocycles. The summed E-state index contributed by atoms with van der Waals surface area (Å²) in [6.07, 6.45) is 0. The first-order valence-corrected chi connectivity index (χ1v) is 9.40. The fraction of sp³-hybridized carbons (Fsp3) is 0.375. The van der Waals surface area contributed by atoms with E-state index in [1.54, 1.807) is 13.0 Å². The third kappa shape index (κ3) is 5.31. The number of likely N-dealkylation sites (N-methyl/N-ethyl adjacent to an activating group) is 1. The molecule has 1 N–H and O–H groups in total. The van der Waals surface area contributed by atoms with Crippen LogP contribution in [0.25, 0.3) is 0 Å². The van der Waals surface area contributed by atoms with E-state index >= 15 is 0 Å². The summed E-state index contributed by atoms with van der Waals surface area (Å²) in [5, 5.41) is 3.48. The Morgan fingerprint density at radius 2 is 2.08 bits per heavy atom. The SMILES string of the molecule is CCOC(=O)c1sc(NC(=O)CN(C)Cc2ccc(Cl)s2)cc1C. The number of esters is 1. The molecule has 24 heavy (non-hydrogen) atoms. The molecule has 0 aliphatic carbocycles. The van der Waals surface area contributed by atoms with Crippen molar-refractivity contribution < 1.29 is 14.3 Å². The fourth-order valence-corrected chi connectivity index (χ4v) is 4.27. The maximum Gasteiger partial charge on any atom is 0.348 e. The Hall–Kier alpha value is -1.41. The van der Waals surface area contributed by atoms with Crippen LogP contribution < -0.4 is 5.32 Å². The van der Waals surface area contributed by atoms with Gasteiger partial charge in [0.1, 0.15) is 4.88 Å². The van der Waals surface area contributed by atoms with Crippen molar-refractivity contribution in [1.29, 1.82) is 0 Å². The lowest BCUT2D eigenvalue weighted by Crippen LogP contribution is -2.29. The van der Waals surface area contributed by atoms with Gasteiger partial charge in [0.05, 0.1) is 22.5 Å². The van der Waals surface area contributed by atoms with Crippen LogP contribution in [0.15, 0.2) is 18.2 Å². The largest absolute Gasteiger partial charge is 0.462 e. The number of carbonyl (C=O) groups excluding carboxylic acids is 2. The molecule has 0 atom stereocenters. The van der Waals surface area contributed by atoms with E-state index in [9.17, 15) is 9.59 Å². The summed E-state index contributed by atoms with van der Waals surface area (Å²) in [4.78, 5) is 27.5. The topological polar surface area (TPSA) is 58.6 Å². The van der Waals surface area contributed by atoms with Crippen LogP contribution in [0, 0.1) is 6.92 Å². The summed E-state index contributed by atoms with van der Waals surface area (Å²) >= 11 is 8.64. The van der Waals surface area contributed by atoms with Gasteiger partial charge in [-0.3, -0.25) is 9.69 Å². The number of hydrogen-bond donors (Lipinski definition) is 1. The number of hydrogen-bond acceptors (Lipinski definition) is 6. The zero-order valence-corrected chi connectivity index (χ0v) is 16.1. The third-order valence-corrected chi connectivity index (χ3v) is 5.46. The van der Waals surface area contributed by atoms with Gasteiger partial charge in [-0.1, -0.05) is 11.6 Å². The highest BCUT2D eigenvalue weighted by Crippen LogP contribution is 2.27. The van der Waals surface area contributed by atoms with Crippen LogP contribution in [0.2, 0.25) is 4.34 Å². The molecule has 0 spiro atoms. The van der Waals surface area contributed by atoms with Crippen LogP contribution in [-0.4, -0.2) is 37.0 Å². The minimum absolute atomic E-state index is 0.128. The van der Waals surface area contributed by atoms with E-state index < -0.39 is 0 Å². The second-order valence-corrected chi connectivity index (χ2v) is 8.12. The second-order valence-electron chi connectivity index (χ2n) is 5.27. The van der Waals surface area contributed by atoms with Gasteiger partial charge in [-0.25, -0.2) is 4.79 Å². The van der Waals surface area contributed by atoms with E-state index in [1.807, 2.05) is 31.0 Å². The number of amides is 1. The maximum atomic E-state index is 12.1. The molecule has 0 aromatic carbocycles. The monoisotopic (exact) mass is 386 g/mol. The quantitative estimate of drug-likeness (QED) is 0.730. The molecular weight excluding hydrogens is 368 g/mol. The van der Waals surface area contributed by atoms with E-state index in [4.69, 9.17) is 16.3 Å². The third-order valence-electron chi connectivity index (χ3n) is 3.11. The molecule has 0 saturated carbocycles. The summed E-state index contributed by atoms with van der Waals surface area (Å²) < 4.78 is 5.74. The van der Waals surface area contributed by atoms with Gasteiger partial charge in [-0.15, -0.1) is 22.7 Å². The van der Waals surface area contributed by atoms with Crippen LogP contribution in [0.1, 0.15) is 27.0 Å². The average molecular weight is 387 g/mol. The lowest BCUT2D eigenvalue weighted by molar-refractivity contribution is -0.117. The predicted molar refractivity (Wildman–Crippen MR) is 99.3 cm³/mol. The zero-order chi connectivity index (χ0) is 17.7. The summed E-state index contributed by atoms with van der Waals surface area (Å²) in [5.41, 5.74) is 0.801. The van der Waals surface area contributed by atoms with Crippen molar-refractivity contribution in [3.8, 4) is 0 Å². The van der Waals surface area contributed by atoms with Crippen molar-refractivity contribution >= 4 is 51.2 Å². The maximum absolute atomic E-state index is 12.1. The number of rotatable bonds is 7. The average Bonchev–Trinajstić information content (AvgIpc) is 3.04. The van der Waals surface area contributed by atoms with Crippen molar-refractivity contribution in [2.24, 2.45) is 0 Å². The molecule has 8 heteroatoms. The first kappa shape index (κ1) is 18.9. The van der Waals surface area contributed by atoms with Gasteiger partial charge in [0.15, 0.2) is 0 Å². The summed E-state index contributed by atoms with van der Waals surface area (Å²) in [6.45, 7) is 4.82. The molecule has 0 unspecified atom stereocenters. The molecular formula is C16H19ClN2O3S2. The molecule has 2 rings (SSSR count). The molecule has 2 heterocycles. The Morgan fingerprint density at radius 3 is 2.71 bits per heavy atom. The van der Waals surface area contributed by atoms with Gasteiger partial charge in [-0.2, -0.15) is 0 Å². The zero-order valence-electron chi connectivity index (χ0n) is 13.7. The van der Waals surface area contributed by atoms with Crippen molar-refractivity contribution in [3.05, 3.63) is 37.9 Å². The molecule has 0 aliphatic rings. The van der Waals surface area contributed by atoms with Crippen LogP contribution in [0.5, 0.6) is 0 Å². The number of ether oxygens (including phenoxy) is 1. The van der Waals surface area contributed by atoms with E-state index in [2.05, 4.69) is 5.32 Å². The molecule has 2 aromatic rings. The molecule has 5 nitrogen and oxygen atoms in total. The van der Waals surface area contributed by atoms with Crippen LogP contribution in [-0.2, 0) is 16.1 Å². The molecule has 130 valence electrons. The first-order valence-electron chi connectivity index (χ1n) is 7.39. The molecule has 0 radical (unpaired) electrons. The number of carbonyl (C=O) groups is 2. The van der Waals surface area contributed by atoms with E-state index in [-0.39, 0.29) is 18.4 Å². The van der Waals surface area contributed by atoms with E-state index in [0.717, 1.165) is 14.8 Å². The molecule has 0 aliphatic heterocycles. The highest BCUT2D eigenvalue weighted by atomic mass is 35.5. The van der Waals surface area contributed by atoms with Crippen LogP contribution in [0.3, 0.4) is 0 Å². The second kappa shape index (κ2) is 8.62. The molecule has 0 bridgehead atoms. The smallest absolute Gasteiger partial charge is 0.348 e. The first-order chi connectivity index (χ1) is 11.4. The highest BCUT2D eigenvalue weighted by Gasteiger charge is 2.16. The summed E-state index contributed by atoms with van der Waals surface area (Å²) in [5.74, 6) is -0.482. The van der Waals surface area contributed by atoms with Gasteiger partial charge >= 0.3 is 5.97 Å². The van der Waals surface area contributed by atoms with Crippen LogP contribution in [0.4, 0.5) is 5.00 Å². The predicted octanol–water partition coefficient (Wildman–Crippen LogP) is 4.02. The highest BCUT2D eigenvalue weighted by molar-refractivity contribution is 7.18. The van der Waals surface area contributed by atoms with Gasteiger partial charge in [-0.05, 0) is 44.7 Å². The number of anilines is 1. The number of aryl methyl sites for hydroxylation is 1. The summed E-state index contributed by atoms with van der Waals surface area (Å²) in [7, 11) is 1.87. The molecule has 0 fully saturated rings. The Labute approximate surface area is 154 Å². The van der Waals surface area contributed by atoms with E-state index in [1.165, 1.54) is 22.7 Å². The van der Waals surface area contributed by atoms with Crippen molar-refractivity contribution in [2.75, 3.05) is 25.5 Å². The van der Waals surface area contributed by atoms with Gasteiger partial charge in [0.25, 0.3) is 0 Å². The normalized spacial score (nSPS) is 10.9. The van der Waals surface area contributed by atoms with E-state index in [0.29, 0.717) is 23.0 Å². The number of nitrogens with zero attached hydrogens (tertiary/aromatic N) is 1. The number of thiophene rings is 2. The van der Waals surface area contributed by atoms with Gasteiger partial charge in [0.2, 0.25) is 5.91 Å². The minimum atomic E-state index is -0.354. The Kier molecular flexibility index (Phi) is 6.79. The van der Waals surface area contributed by atoms with Crippen molar-refractivity contribution in [1.82, 2.24) is 4.90 Å². The standard InChI is InChI=1S/C16H19ClN2O3S2/c1-4-22-16(21)15-10(2)7-14(24-15)18-13(20)9-19(3)8-11-5-6-12(17)23-11/h5-7H,4,8-9H2,1-3H3,(H,18,20). The fourth-order valence-electron chi connectivity index (χ4n) is 2.12. The Bertz CT molecular complexity index is 727. The molecule has 2 aromatic heterocycles. The summed E-state index contributed by atoms with van der Waals surface area (Å²) in [6, 6.07) is 5.59. The van der Waals surface area contributed by atoms with Crippen LogP contribution >= 0.6 is 34.3 Å². The van der Waals surface area contributed by atoms with Gasteiger partial charge in [0, 0.05) is 11.4 Å². The Morgan fingerprint density at radius 1 is 1.33 bits per heavy atom. The number of halogens is 1.